The highest BCUT2D eigenvalue weighted by Gasteiger charge is 2.32. The van der Waals surface area contributed by atoms with Crippen LogP contribution in [0, 0.1) is 0 Å². The van der Waals surface area contributed by atoms with Crippen molar-refractivity contribution >= 4 is 22.7 Å². The third-order valence-electron chi connectivity index (χ3n) is 6.30. The van der Waals surface area contributed by atoms with E-state index in [1.165, 1.54) is 29.6 Å². The number of rotatable bonds is 5. The molecule has 1 aliphatic carbocycles. The molecule has 174 valence electrons. The number of benzene rings is 1. The van der Waals surface area contributed by atoms with Crippen LogP contribution in [-0.4, -0.2) is 30.9 Å². The summed E-state index contributed by atoms with van der Waals surface area (Å²) >= 11 is 0. The van der Waals surface area contributed by atoms with E-state index in [0.29, 0.717) is 22.7 Å². The summed E-state index contributed by atoms with van der Waals surface area (Å²) in [5.74, 6) is -2.77. The van der Waals surface area contributed by atoms with Crippen LogP contribution in [0.2, 0.25) is 0 Å². The molecule has 0 bridgehead atoms. The number of pyridine rings is 1. The minimum absolute atomic E-state index is 0.00566. The van der Waals surface area contributed by atoms with Crippen molar-refractivity contribution in [2.45, 2.75) is 44.7 Å². The van der Waals surface area contributed by atoms with Gasteiger partial charge in [-0.1, -0.05) is 6.07 Å². The predicted molar refractivity (Wildman–Crippen MR) is 124 cm³/mol. The molecule has 0 radical (unpaired) electrons. The molecule has 34 heavy (non-hydrogen) atoms. The van der Waals surface area contributed by atoms with Crippen LogP contribution in [0.25, 0.3) is 16.7 Å². The monoisotopic (exact) mass is 463 g/mol. The largest absolute Gasteiger partial charge is 0.324 e. The molecular weight excluding hydrogens is 440 g/mol. The first kappa shape index (κ1) is 20.9. The summed E-state index contributed by atoms with van der Waals surface area (Å²) < 4.78 is 31.2. The first-order valence-electron chi connectivity index (χ1n) is 11.3. The van der Waals surface area contributed by atoms with Gasteiger partial charge >= 0.3 is 0 Å². The summed E-state index contributed by atoms with van der Waals surface area (Å²) in [6.45, 7) is 2.59. The first-order valence-corrected chi connectivity index (χ1v) is 11.3. The fourth-order valence-corrected chi connectivity index (χ4v) is 4.43. The Morgan fingerprint density at radius 3 is 2.79 bits per heavy atom. The zero-order chi connectivity index (χ0) is 23.4. The zero-order valence-corrected chi connectivity index (χ0v) is 18.6. The number of nitrogens with zero attached hydrogens (tertiary/aromatic N) is 5. The van der Waals surface area contributed by atoms with Gasteiger partial charge in [-0.25, -0.2) is 14.3 Å². The molecule has 2 aliphatic rings. The zero-order valence-electron chi connectivity index (χ0n) is 18.6. The van der Waals surface area contributed by atoms with Gasteiger partial charge in [-0.05, 0) is 61.2 Å². The van der Waals surface area contributed by atoms with Crippen molar-refractivity contribution in [1.82, 2.24) is 29.6 Å². The minimum Gasteiger partial charge on any atom is -0.324 e. The highest BCUT2D eigenvalue weighted by atomic mass is 19.3. The van der Waals surface area contributed by atoms with E-state index in [1.807, 2.05) is 6.07 Å². The van der Waals surface area contributed by atoms with E-state index in [9.17, 15) is 13.6 Å². The molecule has 0 spiro atoms. The maximum absolute atomic E-state index is 14.0. The SMILES string of the molecule is CC(F)(F)c1cc(-n2c3nc(Nc4ccc5c(c4)CCNC5)ncc3c(=O)n2C2CC2)ccn1. The van der Waals surface area contributed by atoms with Crippen LogP contribution in [0.15, 0.2) is 47.5 Å². The lowest BCUT2D eigenvalue weighted by molar-refractivity contribution is 0.0127. The van der Waals surface area contributed by atoms with Crippen LogP contribution < -0.4 is 16.2 Å². The molecule has 0 saturated heterocycles. The minimum atomic E-state index is -3.10. The molecule has 1 aromatic carbocycles. The number of alkyl halides is 2. The topological polar surface area (TPSA) is 89.7 Å². The summed E-state index contributed by atoms with van der Waals surface area (Å²) in [4.78, 5) is 26.0. The maximum atomic E-state index is 14.0. The molecule has 4 heterocycles. The maximum Gasteiger partial charge on any atom is 0.287 e. The number of halogens is 2. The van der Waals surface area contributed by atoms with Gasteiger partial charge in [0.05, 0.1) is 11.7 Å². The number of nitrogens with one attached hydrogen (secondary N) is 2. The molecule has 10 heteroatoms. The standard InChI is InChI=1S/C24H23F2N7O/c1-24(25,26)20-11-18(7-9-28-20)32-21-19(22(34)33(32)17-4-5-17)13-29-23(31-21)30-16-3-2-15-12-27-8-6-14(15)10-16/h2-3,7,9-11,13,17,27H,4-6,8,12H2,1H3,(H,29,30,31). The summed E-state index contributed by atoms with van der Waals surface area (Å²) in [7, 11) is 0. The molecule has 4 aromatic rings. The highest BCUT2D eigenvalue weighted by molar-refractivity contribution is 5.77. The Bertz CT molecular complexity index is 1470. The molecule has 0 unspecified atom stereocenters. The Balaban J connectivity index is 1.46. The van der Waals surface area contributed by atoms with Crippen molar-refractivity contribution < 1.29 is 8.78 Å². The lowest BCUT2D eigenvalue weighted by Gasteiger charge is -2.18. The van der Waals surface area contributed by atoms with Crippen LogP contribution in [0.5, 0.6) is 0 Å². The van der Waals surface area contributed by atoms with Crippen LogP contribution in [0.1, 0.15) is 42.6 Å². The molecule has 2 N–H and O–H groups in total. The lowest BCUT2D eigenvalue weighted by atomic mass is 10.0. The number of aromatic nitrogens is 5. The Labute approximate surface area is 193 Å². The van der Waals surface area contributed by atoms with Crippen molar-refractivity contribution in [3.8, 4) is 5.69 Å². The Morgan fingerprint density at radius 2 is 2.00 bits per heavy atom. The van der Waals surface area contributed by atoms with Gasteiger partial charge in [0.15, 0.2) is 5.65 Å². The van der Waals surface area contributed by atoms with Gasteiger partial charge < -0.3 is 10.6 Å². The summed E-state index contributed by atoms with van der Waals surface area (Å²) in [6, 6.07) is 9.06. The van der Waals surface area contributed by atoms with Crippen molar-refractivity contribution in [1.29, 1.82) is 0 Å². The van der Waals surface area contributed by atoms with E-state index in [4.69, 9.17) is 0 Å². The van der Waals surface area contributed by atoms with Crippen LogP contribution in [-0.2, 0) is 18.9 Å². The summed E-state index contributed by atoms with van der Waals surface area (Å²) in [5, 5.41) is 6.93. The molecule has 1 fully saturated rings. The Hall–Kier alpha value is -3.66. The number of anilines is 2. The van der Waals surface area contributed by atoms with Gasteiger partial charge in [-0.2, -0.15) is 13.8 Å². The second kappa shape index (κ2) is 7.69. The van der Waals surface area contributed by atoms with E-state index in [2.05, 4.69) is 37.7 Å². The quantitative estimate of drug-likeness (QED) is 0.468. The predicted octanol–water partition coefficient (Wildman–Crippen LogP) is 3.81. The normalized spacial score (nSPS) is 16.0. The Morgan fingerprint density at radius 1 is 1.15 bits per heavy atom. The molecule has 0 atom stereocenters. The van der Waals surface area contributed by atoms with Gasteiger partial charge in [0.1, 0.15) is 11.1 Å². The van der Waals surface area contributed by atoms with Crippen molar-refractivity contribution in [3.05, 3.63) is 69.9 Å². The van der Waals surface area contributed by atoms with Crippen LogP contribution in [0.3, 0.4) is 0 Å². The molecular formula is C24H23F2N7O. The summed E-state index contributed by atoms with van der Waals surface area (Å²) in [5.41, 5.74) is 3.58. The molecule has 0 amide bonds. The Kier molecular flexibility index (Phi) is 4.73. The molecule has 8 nitrogen and oxygen atoms in total. The average Bonchev–Trinajstić information content (AvgIpc) is 3.62. The fraction of sp³-hybridized carbons (Fsp3) is 0.333. The average molecular weight is 463 g/mol. The molecule has 6 rings (SSSR count). The smallest absolute Gasteiger partial charge is 0.287 e. The first-order chi connectivity index (χ1) is 16.4. The van der Waals surface area contributed by atoms with Gasteiger partial charge in [0.25, 0.3) is 11.5 Å². The van der Waals surface area contributed by atoms with Gasteiger partial charge in [-0.15, -0.1) is 0 Å². The molecule has 1 saturated carbocycles. The second-order valence-corrected chi connectivity index (χ2v) is 8.95. The molecule has 1 aliphatic heterocycles. The number of hydrogen-bond donors (Lipinski definition) is 2. The van der Waals surface area contributed by atoms with Gasteiger partial charge in [0.2, 0.25) is 5.95 Å². The van der Waals surface area contributed by atoms with Gasteiger partial charge in [-0.3, -0.25) is 9.78 Å². The highest BCUT2D eigenvalue weighted by Crippen LogP contribution is 2.36. The lowest BCUT2D eigenvalue weighted by Crippen LogP contribution is -2.23. The van der Waals surface area contributed by atoms with E-state index in [0.717, 1.165) is 45.0 Å². The fourth-order valence-electron chi connectivity index (χ4n) is 4.43. The number of fused-ring (bicyclic) bond motifs is 2. The van der Waals surface area contributed by atoms with Gasteiger partial charge in [0, 0.05) is 31.5 Å². The van der Waals surface area contributed by atoms with E-state index in [-0.39, 0.29) is 17.3 Å². The van der Waals surface area contributed by atoms with E-state index < -0.39 is 5.92 Å². The van der Waals surface area contributed by atoms with Crippen molar-refractivity contribution in [2.75, 3.05) is 11.9 Å². The van der Waals surface area contributed by atoms with Crippen molar-refractivity contribution in [3.63, 3.8) is 0 Å². The third kappa shape index (κ3) is 3.63. The number of hydrogen-bond acceptors (Lipinski definition) is 6. The van der Waals surface area contributed by atoms with Crippen molar-refractivity contribution in [2.24, 2.45) is 0 Å². The van der Waals surface area contributed by atoms with E-state index >= 15 is 0 Å². The molecule has 3 aromatic heterocycles. The van der Waals surface area contributed by atoms with Crippen LogP contribution in [0.4, 0.5) is 20.4 Å². The van der Waals surface area contributed by atoms with E-state index in [1.54, 1.807) is 15.4 Å². The third-order valence-corrected chi connectivity index (χ3v) is 6.30. The second-order valence-electron chi connectivity index (χ2n) is 8.95. The summed E-state index contributed by atoms with van der Waals surface area (Å²) in [6.07, 6.45) is 5.47. The van der Waals surface area contributed by atoms with Crippen LogP contribution >= 0.6 is 0 Å².